The molecule has 132 valence electrons. The highest BCUT2D eigenvalue weighted by atomic mass is 16.2. The van der Waals surface area contributed by atoms with Crippen LogP contribution in [0.15, 0.2) is 48.5 Å². The van der Waals surface area contributed by atoms with Crippen molar-refractivity contribution >= 4 is 11.8 Å². The number of ketones is 1. The van der Waals surface area contributed by atoms with Gasteiger partial charge in [0.1, 0.15) is 0 Å². The van der Waals surface area contributed by atoms with E-state index in [0.29, 0.717) is 17.8 Å². The molecule has 0 spiro atoms. The Morgan fingerprint density at radius 2 is 1.77 bits per heavy atom. The van der Waals surface area contributed by atoms with Gasteiger partial charge in [-0.25, -0.2) is 4.79 Å². The van der Waals surface area contributed by atoms with E-state index >= 15 is 0 Å². The molecule has 3 aromatic rings. The van der Waals surface area contributed by atoms with E-state index < -0.39 is 0 Å². The lowest BCUT2D eigenvalue weighted by atomic mass is 10.00. The van der Waals surface area contributed by atoms with Crippen LogP contribution >= 0.6 is 0 Å². The van der Waals surface area contributed by atoms with E-state index in [0.717, 1.165) is 21.5 Å². The summed E-state index contributed by atoms with van der Waals surface area (Å²) in [7, 11) is 3.26. The van der Waals surface area contributed by atoms with Crippen molar-refractivity contribution in [1.82, 2.24) is 25.1 Å². The molecular weight excluding hydrogens is 330 g/mol. The van der Waals surface area contributed by atoms with E-state index in [1.54, 1.807) is 21.0 Å². The average molecular weight is 349 g/mol. The summed E-state index contributed by atoms with van der Waals surface area (Å²) in [4.78, 5) is 25.7. The molecule has 0 saturated carbocycles. The van der Waals surface area contributed by atoms with Gasteiger partial charge in [-0.05, 0) is 34.9 Å². The molecule has 2 aromatic carbocycles. The Morgan fingerprint density at radius 3 is 2.42 bits per heavy atom. The van der Waals surface area contributed by atoms with Crippen molar-refractivity contribution in [2.75, 3.05) is 14.1 Å². The second kappa shape index (κ2) is 7.26. The van der Waals surface area contributed by atoms with Crippen LogP contribution in [-0.2, 0) is 6.42 Å². The summed E-state index contributed by atoms with van der Waals surface area (Å²) in [6, 6.07) is 15.1. The van der Waals surface area contributed by atoms with E-state index in [9.17, 15) is 9.59 Å². The first-order valence-corrected chi connectivity index (χ1v) is 8.15. The Labute approximate surface area is 151 Å². The normalized spacial score (nSPS) is 10.6. The minimum Gasteiger partial charge on any atom is -0.328 e. The van der Waals surface area contributed by atoms with Crippen LogP contribution in [0, 0.1) is 0 Å². The number of carbonyl (C=O) groups is 2. The van der Waals surface area contributed by atoms with Gasteiger partial charge in [-0.3, -0.25) is 4.79 Å². The molecule has 0 aliphatic heterocycles. The molecule has 0 bridgehead atoms. The fraction of sp³-hybridized carbons (Fsp3) is 0.211. The van der Waals surface area contributed by atoms with Gasteiger partial charge in [0.25, 0.3) is 0 Å². The predicted octanol–water partition coefficient (Wildman–Crippen LogP) is 2.66. The Kier molecular flexibility index (Phi) is 4.88. The molecule has 7 heteroatoms. The minimum atomic E-state index is -0.343. The number of benzene rings is 2. The topological polar surface area (TPSA) is 81.0 Å². The monoisotopic (exact) mass is 349 g/mol. The van der Waals surface area contributed by atoms with Gasteiger partial charge in [-0.1, -0.05) is 47.3 Å². The van der Waals surface area contributed by atoms with Crippen LogP contribution < -0.4 is 0 Å². The molecule has 3 rings (SSSR count). The quantitative estimate of drug-likeness (QED) is 0.677. The number of nitrogens with zero attached hydrogens (tertiary/aromatic N) is 5. The van der Waals surface area contributed by atoms with Gasteiger partial charge in [-0.2, -0.15) is 0 Å². The summed E-state index contributed by atoms with van der Waals surface area (Å²) >= 11 is 0. The van der Waals surface area contributed by atoms with Crippen molar-refractivity contribution in [3.63, 3.8) is 0 Å². The van der Waals surface area contributed by atoms with Crippen LogP contribution in [0.2, 0.25) is 0 Å². The molecule has 0 aliphatic carbocycles. The summed E-state index contributed by atoms with van der Waals surface area (Å²) in [5.41, 5.74) is 3.72. The van der Waals surface area contributed by atoms with E-state index in [1.165, 1.54) is 4.90 Å². The van der Waals surface area contributed by atoms with Crippen molar-refractivity contribution in [2.45, 2.75) is 13.3 Å². The molecule has 7 nitrogen and oxygen atoms in total. The third kappa shape index (κ3) is 3.83. The summed E-state index contributed by atoms with van der Waals surface area (Å²) in [6.07, 6.45) is 0.481. The molecule has 0 saturated heterocycles. The highest BCUT2D eigenvalue weighted by Gasteiger charge is 2.12. The lowest BCUT2D eigenvalue weighted by Crippen LogP contribution is -2.29. The summed E-state index contributed by atoms with van der Waals surface area (Å²) < 4.78 is 0. The van der Waals surface area contributed by atoms with Gasteiger partial charge < -0.3 is 4.90 Å². The summed E-state index contributed by atoms with van der Waals surface area (Å²) in [5, 5.41) is 11.8. The maximum Gasteiger partial charge on any atom is 0.362 e. The van der Waals surface area contributed by atoms with Gasteiger partial charge in [0.15, 0.2) is 11.6 Å². The maximum absolute atomic E-state index is 11.8. The number of hydrogen-bond donors (Lipinski definition) is 0. The van der Waals surface area contributed by atoms with E-state index in [4.69, 9.17) is 0 Å². The van der Waals surface area contributed by atoms with E-state index in [2.05, 4.69) is 15.4 Å². The molecule has 0 unspecified atom stereocenters. The Morgan fingerprint density at radius 1 is 1.04 bits per heavy atom. The number of carbonyl (C=O) groups excluding carboxylic acids is 2. The first-order chi connectivity index (χ1) is 12.4. The molecule has 0 radical (unpaired) electrons. The number of aromatic nitrogens is 4. The van der Waals surface area contributed by atoms with Gasteiger partial charge >= 0.3 is 6.03 Å². The lowest BCUT2D eigenvalue weighted by molar-refractivity contribution is 0.101. The fourth-order valence-corrected chi connectivity index (χ4v) is 2.49. The average Bonchev–Trinajstić information content (AvgIpc) is 3.10. The standard InChI is InChI=1S/C19H19N5O2/c1-13(25)16-5-4-6-17(12-16)15-9-7-14(8-10-15)11-18-20-22-24(21-18)19(26)23(2)3/h4-10,12H,11H2,1-3H3. The molecule has 0 fully saturated rings. The summed E-state index contributed by atoms with van der Waals surface area (Å²) in [6.45, 7) is 1.56. The van der Waals surface area contributed by atoms with Crippen LogP contribution in [0.3, 0.4) is 0 Å². The summed E-state index contributed by atoms with van der Waals surface area (Å²) in [5.74, 6) is 0.524. The van der Waals surface area contributed by atoms with Gasteiger partial charge in [0, 0.05) is 26.1 Å². The highest BCUT2D eigenvalue weighted by Crippen LogP contribution is 2.21. The first kappa shape index (κ1) is 17.5. The van der Waals surface area contributed by atoms with Crippen molar-refractivity contribution in [3.05, 3.63) is 65.5 Å². The van der Waals surface area contributed by atoms with Crippen LogP contribution in [0.4, 0.5) is 4.79 Å². The maximum atomic E-state index is 11.8. The Hall–Kier alpha value is -3.35. The van der Waals surface area contributed by atoms with Crippen molar-refractivity contribution in [2.24, 2.45) is 0 Å². The van der Waals surface area contributed by atoms with Crippen molar-refractivity contribution in [1.29, 1.82) is 0 Å². The number of tetrazole rings is 1. The highest BCUT2D eigenvalue weighted by molar-refractivity contribution is 5.95. The van der Waals surface area contributed by atoms with Crippen LogP contribution in [0.25, 0.3) is 11.1 Å². The van der Waals surface area contributed by atoms with Gasteiger partial charge in [0.2, 0.25) is 0 Å². The molecule has 1 heterocycles. The Bertz CT molecular complexity index is 945. The number of Topliss-reactive ketones (excluding diaryl/α,β-unsaturated/α-hetero) is 1. The fourth-order valence-electron chi connectivity index (χ4n) is 2.49. The van der Waals surface area contributed by atoms with E-state index in [-0.39, 0.29) is 11.8 Å². The lowest BCUT2D eigenvalue weighted by Gasteiger charge is -2.06. The molecule has 0 atom stereocenters. The smallest absolute Gasteiger partial charge is 0.328 e. The number of hydrogen-bond acceptors (Lipinski definition) is 5. The van der Waals surface area contributed by atoms with Gasteiger partial charge in [0.05, 0.1) is 0 Å². The van der Waals surface area contributed by atoms with Crippen LogP contribution in [-0.4, -0.2) is 51.0 Å². The van der Waals surface area contributed by atoms with Crippen molar-refractivity contribution < 1.29 is 9.59 Å². The molecule has 1 aromatic heterocycles. The van der Waals surface area contributed by atoms with Crippen LogP contribution in [0.1, 0.15) is 28.7 Å². The zero-order valence-electron chi connectivity index (χ0n) is 14.9. The molecule has 0 aliphatic rings. The Balaban J connectivity index is 1.75. The third-order valence-corrected chi connectivity index (χ3v) is 3.93. The second-order valence-electron chi connectivity index (χ2n) is 6.18. The molecule has 1 amide bonds. The predicted molar refractivity (Wildman–Crippen MR) is 97.0 cm³/mol. The number of rotatable bonds is 4. The van der Waals surface area contributed by atoms with Gasteiger partial charge in [-0.15, -0.1) is 10.2 Å². The minimum absolute atomic E-state index is 0.0462. The van der Waals surface area contributed by atoms with Crippen LogP contribution in [0.5, 0.6) is 0 Å². The zero-order chi connectivity index (χ0) is 18.7. The van der Waals surface area contributed by atoms with Crippen molar-refractivity contribution in [3.8, 4) is 11.1 Å². The zero-order valence-corrected chi connectivity index (χ0v) is 14.9. The third-order valence-electron chi connectivity index (χ3n) is 3.93. The largest absolute Gasteiger partial charge is 0.362 e. The first-order valence-electron chi connectivity index (χ1n) is 8.15. The molecule has 26 heavy (non-hydrogen) atoms. The van der Waals surface area contributed by atoms with E-state index in [1.807, 2.05) is 48.5 Å². The SMILES string of the molecule is CC(=O)c1cccc(-c2ccc(Cc3nnn(C(=O)N(C)C)n3)cc2)c1. The molecule has 0 N–H and O–H groups in total. The molecular formula is C19H19N5O2. The number of amides is 1. The second-order valence-corrected chi connectivity index (χ2v) is 6.18.